The lowest BCUT2D eigenvalue weighted by Crippen LogP contribution is -2.41. The standard InChI is InChI=1S/C20H24N2O4S/c1-15-8-5-6-13-22(15)27(24,25)17-10-7-9-16(14-17)20(23)21-18-11-3-4-12-19(18)26-2/h3-4,7,9-12,14-15H,5-6,8,13H2,1-2H3,(H,21,23). The van der Waals surface area contributed by atoms with Gasteiger partial charge in [-0.2, -0.15) is 4.31 Å². The van der Waals surface area contributed by atoms with E-state index in [1.807, 2.05) is 13.0 Å². The van der Waals surface area contributed by atoms with Gasteiger partial charge in [0.05, 0.1) is 17.7 Å². The Morgan fingerprint density at radius 2 is 1.93 bits per heavy atom. The number of ether oxygens (including phenoxy) is 1. The Hall–Kier alpha value is -2.38. The number of benzene rings is 2. The predicted molar refractivity (Wildman–Crippen MR) is 105 cm³/mol. The van der Waals surface area contributed by atoms with E-state index in [1.54, 1.807) is 30.3 Å². The maximum Gasteiger partial charge on any atom is 0.255 e. The van der Waals surface area contributed by atoms with Crippen LogP contribution in [-0.4, -0.2) is 38.3 Å². The molecule has 1 fully saturated rings. The molecule has 1 aliphatic rings. The summed E-state index contributed by atoms with van der Waals surface area (Å²) in [4.78, 5) is 12.8. The first-order valence-corrected chi connectivity index (χ1v) is 10.4. The van der Waals surface area contributed by atoms with E-state index < -0.39 is 10.0 Å². The Morgan fingerprint density at radius 1 is 1.15 bits per heavy atom. The van der Waals surface area contributed by atoms with Gasteiger partial charge in [0.2, 0.25) is 10.0 Å². The number of anilines is 1. The molecule has 2 aromatic carbocycles. The van der Waals surface area contributed by atoms with Gasteiger partial charge < -0.3 is 10.1 Å². The second-order valence-corrected chi connectivity index (χ2v) is 8.53. The molecule has 1 N–H and O–H groups in total. The van der Waals surface area contributed by atoms with Crippen molar-refractivity contribution in [1.82, 2.24) is 4.31 Å². The van der Waals surface area contributed by atoms with Crippen molar-refractivity contribution in [2.75, 3.05) is 19.0 Å². The zero-order chi connectivity index (χ0) is 19.4. The molecule has 1 amide bonds. The molecule has 0 aromatic heterocycles. The van der Waals surface area contributed by atoms with Gasteiger partial charge >= 0.3 is 0 Å². The average molecular weight is 388 g/mol. The van der Waals surface area contributed by atoms with E-state index in [4.69, 9.17) is 4.74 Å². The molecule has 1 atom stereocenters. The van der Waals surface area contributed by atoms with Gasteiger partial charge in [0.15, 0.2) is 0 Å². The Labute approximate surface area is 160 Å². The van der Waals surface area contributed by atoms with Gasteiger partial charge in [-0.3, -0.25) is 4.79 Å². The molecule has 3 rings (SSSR count). The summed E-state index contributed by atoms with van der Waals surface area (Å²) in [6.07, 6.45) is 2.75. The highest BCUT2D eigenvalue weighted by Crippen LogP contribution is 2.27. The van der Waals surface area contributed by atoms with E-state index >= 15 is 0 Å². The number of methoxy groups -OCH3 is 1. The van der Waals surface area contributed by atoms with Gasteiger partial charge in [-0.25, -0.2) is 8.42 Å². The predicted octanol–water partition coefficient (Wildman–Crippen LogP) is 3.51. The van der Waals surface area contributed by atoms with Crippen LogP contribution in [0.3, 0.4) is 0 Å². The van der Waals surface area contributed by atoms with Gasteiger partial charge in [-0.15, -0.1) is 0 Å². The molecule has 27 heavy (non-hydrogen) atoms. The lowest BCUT2D eigenvalue weighted by Gasteiger charge is -2.32. The zero-order valence-electron chi connectivity index (χ0n) is 15.5. The number of nitrogens with zero attached hydrogens (tertiary/aromatic N) is 1. The SMILES string of the molecule is COc1ccccc1NC(=O)c1cccc(S(=O)(=O)N2CCCCC2C)c1. The minimum Gasteiger partial charge on any atom is -0.495 e. The molecule has 0 aliphatic carbocycles. The Bertz CT molecular complexity index is 927. The molecule has 7 heteroatoms. The van der Waals surface area contributed by atoms with Crippen LogP contribution in [0.2, 0.25) is 0 Å². The second-order valence-electron chi connectivity index (χ2n) is 6.64. The number of hydrogen-bond acceptors (Lipinski definition) is 4. The Balaban J connectivity index is 1.85. The third-order valence-electron chi connectivity index (χ3n) is 4.80. The smallest absolute Gasteiger partial charge is 0.255 e. The fraction of sp³-hybridized carbons (Fsp3) is 0.350. The molecule has 0 spiro atoms. The molecule has 0 radical (unpaired) electrons. The van der Waals surface area contributed by atoms with Crippen molar-refractivity contribution in [3.63, 3.8) is 0 Å². The molecule has 0 bridgehead atoms. The molecule has 1 aliphatic heterocycles. The van der Waals surface area contributed by atoms with Gasteiger partial charge in [0.1, 0.15) is 5.75 Å². The van der Waals surface area contributed by atoms with E-state index in [1.165, 1.54) is 23.5 Å². The quantitative estimate of drug-likeness (QED) is 0.850. The summed E-state index contributed by atoms with van der Waals surface area (Å²) in [5.74, 6) is 0.153. The number of para-hydroxylation sites is 2. The van der Waals surface area contributed by atoms with Crippen molar-refractivity contribution in [3.05, 3.63) is 54.1 Å². The third-order valence-corrected chi connectivity index (χ3v) is 6.81. The van der Waals surface area contributed by atoms with Crippen LogP contribution in [0, 0.1) is 0 Å². The molecular weight excluding hydrogens is 364 g/mol. The van der Waals surface area contributed by atoms with E-state index in [9.17, 15) is 13.2 Å². The molecule has 6 nitrogen and oxygen atoms in total. The second kappa shape index (κ2) is 8.10. The molecule has 1 saturated heterocycles. The number of nitrogens with one attached hydrogen (secondary N) is 1. The van der Waals surface area contributed by atoms with E-state index in [2.05, 4.69) is 5.32 Å². The molecule has 144 valence electrons. The molecule has 1 unspecified atom stereocenters. The third kappa shape index (κ3) is 4.14. The molecular formula is C20H24N2O4S. The Kier molecular flexibility index (Phi) is 5.82. The summed E-state index contributed by atoms with van der Waals surface area (Å²) >= 11 is 0. The van der Waals surface area contributed by atoms with Crippen LogP contribution >= 0.6 is 0 Å². The number of sulfonamides is 1. The van der Waals surface area contributed by atoms with Crippen molar-refractivity contribution in [3.8, 4) is 5.75 Å². The average Bonchev–Trinajstić information content (AvgIpc) is 2.68. The number of carbonyl (C=O) groups is 1. The molecule has 2 aromatic rings. The first-order valence-electron chi connectivity index (χ1n) is 9.00. The number of amides is 1. The monoisotopic (exact) mass is 388 g/mol. The minimum absolute atomic E-state index is 0.0326. The van der Waals surface area contributed by atoms with Crippen molar-refractivity contribution in [2.24, 2.45) is 0 Å². The van der Waals surface area contributed by atoms with Gasteiger partial charge in [-0.05, 0) is 50.1 Å². The van der Waals surface area contributed by atoms with Gasteiger partial charge in [0.25, 0.3) is 5.91 Å². The molecule has 0 saturated carbocycles. The summed E-state index contributed by atoms with van der Waals surface area (Å²) in [6.45, 7) is 2.44. The summed E-state index contributed by atoms with van der Waals surface area (Å²) in [5, 5.41) is 2.77. The minimum atomic E-state index is -3.62. The van der Waals surface area contributed by atoms with Crippen LogP contribution in [-0.2, 0) is 10.0 Å². The zero-order valence-corrected chi connectivity index (χ0v) is 16.3. The van der Waals surface area contributed by atoms with Crippen LogP contribution in [0.4, 0.5) is 5.69 Å². The van der Waals surface area contributed by atoms with Crippen LogP contribution in [0.5, 0.6) is 5.75 Å². The van der Waals surface area contributed by atoms with Gasteiger partial charge in [0, 0.05) is 18.2 Å². The van der Waals surface area contributed by atoms with Crippen LogP contribution in [0.1, 0.15) is 36.5 Å². The van der Waals surface area contributed by atoms with E-state index in [0.717, 1.165) is 19.3 Å². The van der Waals surface area contributed by atoms with Crippen molar-refractivity contribution < 1.29 is 17.9 Å². The fourth-order valence-electron chi connectivity index (χ4n) is 3.30. The highest BCUT2D eigenvalue weighted by molar-refractivity contribution is 7.89. The Morgan fingerprint density at radius 3 is 2.67 bits per heavy atom. The van der Waals surface area contributed by atoms with Crippen LogP contribution < -0.4 is 10.1 Å². The largest absolute Gasteiger partial charge is 0.495 e. The van der Waals surface area contributed by atoms with Crippen molar-refractivity contribution >= 4 is 21.6 Å². The summed E-state index contributed by atoms with van der Waals surface area (Å²) in [5.41, 5.74) is 0.814. The van der Waals surface area contributed by atoms with E-state index in [-0.39, 0.29) is 22.4 Å². The summed E-state index contributed by atoms with van der Waals surface area (Å²) < 4.78 is 32.8. The summed E-state index contributed by atoms with van der Waals surface area (Å²) in [6, 6.07) is 13.2. The first-order chi connectivity index (χ1) is 12.9. The van der Waals surface area contributed by atoms with Crippen LogP contribution in [0.25, 0.3) is 0 Å². The lowest BCUT2D eigenvalue weighted by molar-refractivity contribution is 0.102. The number of carbonyl (C=O) groups excluding carboxylic acids is 1. The highest BCUT2D eigenvalue weighted by Gasteiger charge is 2.31. The van der Waals surface area contributed by atoms with Crippen molar-refractivity contribution in [2.45, 2.75) is 37.1 Å². The topological polar surface area (TPSA) is 75.7 Å². The maximum absolute atomic E-state index is 13.0. The van der Waals surface area contributed by atoms with E-state index in [0.29, 0.717) is 18.0 Å². The summed E-state index contributed by atoms with van der Waals surface area (Å²) in [7, 11) is -2.10. The number of hydrogen-bond donors (Lipinski definition) is 1. The molecule has 1 heterocycles. The normalized spacial score (nSPS) is 18.1. The van der Waals surface area contributed by atoms with Gasteiger partial charge in [-0.1, -0.05) is 24.6 Å². The van der Waals surface area contributed by atoms with Crippen LogP contribution in [0.15, 0.2) is 53.4 Å². The van der Waals surface area contributed by atoms with Crippen molar-refractivity contribution in [1.29, 1.82) is 0 Å². The maximum atomic E-state index is 13.0. The lowest BCUT2D eigenvalue weighted by atomic mass is 10.1. The number of piperidine rings is 1. The highest BCUT2D eigenvalue weighted by atomic mass is 32.2. The number of rotatable bonds is 5. The fourth-order valence-corrected chi connectivity index (χ4v) is 5.05. The first kappa shape index (κ1) is 19.4.